The van der Waals surface area contributed by atoms with Crippen molar-refractivity contribution in [3.05, 3.63) is 71.0 Å². The van der Waals surface area contributed by atoms with Crippen LogP contribution >= 0.6 is 0 Å². The van der Waals surface area contributed by atoms with Gasteiger partial charge >= 0.3 is 0 Å². The Morgan fingerprint density at radius 2 is 1.77 bits per heavy atom. The van der Waals surface area contributed by atoms with Gasteiger partial charge in [0.25, 0.3) is 17.6 Å². The van der Waals surface area contributed by atoms with Gasteiger partial charge in [-0.1, -0.05) is 18.2 Å². The molecular weight excluding hydrogens is 403 g/mol. The zero-order valence-electron chi connectivity index (χ0n) is 17.1. The van der Waals surface area contributed by atoms with Gasteiger partial charge in [-0.2, -0.15) is 0 Å². The van der Waals surface area contributed by atoms with Gasteiger partial charge in [-0.25, -0.2) is 4.39 Å². The van der Waals surface area contributed by atoms with Crippen LogP contribution in [-0.4, -0.2) is 54.9 Å². The fourth-order valence-corrected chi connectivity index (χ4v) is 4.39. The standard InChI is InChI=1S/C23H21FN2O5/c1-25-17-7-4-3-6-16(17)23(22(25)30)18(19(27)14-8-10-15(24)11-9-14)20(28)21(29)26(23)12-5-13-31-2/h3-4,6-11,27H,5,12-13H2,1-2H3/b19-18+. The van der Waals surface area contributed by atoms with Crippen molar-refractivity contribution in [2.75, 3.05) is 32.2 Å². The number of fused-ring (bicyclic) bond motifs is 2. The monoisotopic (exact) mass is 424 g/mol. The molecule has 1 N–H and O–H groups in total. The Labute approximate surface area is 178 Å². The maximum atomic E-state index is 13.7. The highest BCUT2D eigenvalue weighted by atomic mass is 19.1. The molecule has 0 saturated carbocycles. The number of methoxy groups -OCH3 is 1. The van der Waals surface area contributed by atoms with E-state index in [2.05, 4.69) is 0 Å². The summed E-state index contributed by atoms with van der Waals surface area (Å²) < 4.78 is 18.5. The number of benzene rings is 2. The first kappa shape index (κ1) is 20.7. The average molecular weight is 424 g/mol. The zero-order valence-corrected chi connectivity index (χ0v) is 17.1. The predicted molar refractivity (Wildman–Crippen MR) is 111 cm³/mol. The lowest BCUT2D eigenvalue weighted by atomic mass is 9.82. The summed E-state index contributed by atoms with van der Waals surface area (Å²) in [6.45, 7) is 0.398. The number of anilines is 1. The smallest absolute Gasteiger partial charge is 0.296 e. The number of nitrogens with zero attached hydrogens (tertiary/aromatic N) is 2. The number of amides is 2. The molecule has 2 amide bonds. The third kappa shape index (κ3) is 2.86. The Balaban J connectivity index is 2.01. The highest BCUT2D eigenvalue weighted by Gasteiger charge is 2.66. The molecule has 7 nitrogen and oxygen atoms in total. The van der Waals surface area contributed by atoms with E-state index in [4.69, 9.17) is 4.74 Å². The minimum Gasteiger partial charge on any atom is -0.507 e. The molecule has 2 aliphatic rings. The van der Waals surface area contributed by atoms with Crippen molar-refractivity contribution in [3.8, 4) is 0 Å². The van der Waals surface area contributed by atoms with Crippen LogP contribution in [0.15, 0.2) is 54.1 Å². The number of hydrogen-bond donors (Lipinski definition) is 1. The molecule has 0 bridgehead atoms. The number of para-hydroxylation sites is 1. The minimum atomic E-state index is -1.80. The normalized spacial score (nSPS) is 22.0. The van der Waals surface area contributed by atoms with Gasteiger partial charge in [0.15, 0.2) is 5.54 Å². The van der Waals surface area contributed by atoms with E-state index in [1.54, 1.807) is 31.3 Å². The second kappa shape index (κ2) is 7.63. The second-order valence-corrected chi connectivity index (χ2v) is 7.45. The summed E-state index contributed by atoms with van der Waals surface area (Å²) in [7, 11) is 3.07. The number of carbonyl (C=O) groups is 3. The molecule has 0 aliphatic carbocycles. The number of aliphatic hydroxyl groups is 1. The Morgan fingerprint density at radius 1 is 1.10 bits per heavy atom. The van der Waals surface area contributed by atoms with Gasteiger partial charge in [0.1, 0.15) is 11.6 Å². The summed E-state index contributed by atoms with van der Waals surface area (Å²) in [6.07, 6.45) is 0.390. The lowest BCUT2D eigenvalue weighted by molar-refractivity contribution is -0.143. The van der Waals surface area contributed by atoms with Crippen LogP contribution in [0.5, 0.6) is 0 Å². The lowest BCUT2D eigenvalue weighted by Gasteiger charge is -2.34. The van der Waals surface area contributed by atoms with E-state index in [0.29, 0.717) is 24.3 Å². The molecule has 1 fully saturated rings. The Morgan fingerprint density at radius 3 is 2.45 bits per heavy atom. The Bertz CT molecular complexity index is 1110. The highest BCUT2D eigenvalue weighted by Crippen LogP contribution is 2.53. The van der Waals surface area contributed by atoms with Crippen LogP contribution in [-0.2, 0) is 24.7 Å². The third-order valence-electron chi connectivity index (χ3n) is 5.79. The molecule has 8 heteroatoms. The molecule has 1 unspecified atom stereocenters. The maximum Gasteiger partial charge on any atom is 0.296 e. The topological polar surface area (TPSA) is 87.1 Å². The number of rotatable bonds is 5. The second-order valence-electron chi connectivity index (χ2n) is 7.45. The molecule has 160 valence electrons. The summed E-state index contributed by atoms with van der Waals surface area (Å²) in [5, 5.41) is 11.1. The van der Waals surface area contributed by atoms with Crippen molar-refractivity contribution in [3.63, 3.8) is 0 Å². The largest absolute Gasteiger partial charge is 0.507 e. The van der Waals surface area contributed by atoms with E-state index in [1.807, 2.05) is 0 Å². The van der Waals surface area contributed by atoms with Crippen molar-refractivity contribution in [2.24, 2.45) is 0 Å². The first-order chi connectivity index (χ1) is 14.9. The van der Waals surface area contributed by atoms with E-state index in [0.717, 1.165) is 12.1 Å². The minimum absolute atomic E-state index is 0.0759. The Hall–Kier alpha value is -3.52. The summed E-state index contributed by atoms with van der Waals surface area (Å²) in [5.41, 5.74) is -1.01. The number of ether oxygens (including phenoxy) is 1. The van der Waals surface area contributed by atoms with Gasteiger partial charge in [-0.3, -0.25) is 14.4 Å². The molecule has 31 heavy (non-hydrogen) atoms. The van der Waals surface area contributed by atoms with Gasteiger partial charge in [0.2, 0.25) is 0 Å². The number of halogens is 1. The molecule has 2 heterocycles. The molecule has 2 aromatic rings. The summed E-state index contributed by atoms with van der Waals surface area (Å²) in [5.74, 6) is -3.40. The fraction of sp³-hybridized carbons (Fsp3) is 0.261. The van der Waals surface area contributed by atoms with Gasteiger partial charge in [-0.05, 0) is 36.8 Å². The van der Waals surface area contributed by atoms with E-state index >= 15 is 0 Å². The number of carbonyl (C=O) groups excluding carboxylic acids is 3. The fourth-order valence-electron chi connectivity index (χ4n) is 4.39. The van der Waals surface area contributed by atoms with Crippen LogP contribution in [0, 0.1) is 5.82 Å². The van der Waals surface area contributed by atoms with Crippen LogP contribution in [0.1, 0.15) is 17.5 Å². The van der Waals surface area contributed by atoms with Gasteiger partial charge in [0, 0.05) is 44.1 Å². The van der Waals surface area contributed by atoms with Crippen LogP contribution in [0.4, 0.5) is 10.1 Å². The SMILES string of the molecule is COCCCN1C(=O)C(=O)/C(=C(\O)c2ccc(F)cc2)C12C(=O)N(C)c1ccccc12. The lowest BCUT2D eigenvalue weighted by Crippen LogP contribution is -2.51. The van der Waals surface area contributed by atoms with Crippen molar-refractivity contribution >= 4 is 29.0 Å². The average Bonchev–Trinajstić information content (AvgIpc) is 3.13. The number of hydrogen-bond acceptors (Lipinski definition) is 5. The number of likely N-dealkylation sites (N-methyl/N-ethyl adjacent to an activating group) is 1. The van der Waals surface area contributed by atoms with Gasteiger partial charge in [-0.15, -0.1) is 0 Å². The molecule has 0 radical (unpaired) electrons. The molecule has 1 spiro atoms. The third-order valence-corrected chi connectivity index (χ3v) is 5.79. The number of Topliss-reactive ketones (excluding diaryl/α,β-unsaturated/α-hetero) is 1. The van der Waals surface area contributed by atoms with E-state index in [-0.39, 0.29) is 17.7 Å². The highest BCUT2D eigenvalue weighted by molar-refractivity contribution is 6.50. The van der Waals surface area contributed by atoms with Crippen LogP contribution in [0.25, 0.3) is 5.76 Å². The number of aliphatic hydroxyl groups excluding tert-OH is 1. The zero-order chi connectivity index (χ0) is 22.3. The van der Waals surface area contributed by atoms with Crippen molar-refractivity contribution < 1.29 is 28.6 Å². The summed E-state index contributed by atoms with van der Waals surface area (Å²) >= 11 is 0. The predicted octanol–water partition coefficient (Wildman–Crippen LogP) is 2.41. The van der Waals surface area contributed by atoms with Crippen LogP contribution in [0.2, 0.25) is 0 Å². The molecule has 2 aromatic carbocycles. The van der Waals surface area contributed by atoms with Crippen molar-refractivity contribution in [2.45, 2.75) is 12.0 Å². The molecule has 0 aromatic heterocycles. The first-order valence-corrected chi connectivity index (χ1v) is 9.78. The molecule has 4 rings (SSSR count). The number of ketones is 1. The van der Waals surface area contributed by atoms with E-state index in [1.165, 1.54) is 29.0 Å². The quantitative estimate of drug-likeness (QED) is 0.345. The van der Waals surface area contributed by atoms with Crippen LogP contribution < -0.4 is 4.90 Å². The summed E-state index contributed by atoms with van der Waals surface area (Å²) in [6, 6.07) is 11.7. The molecular formula is C23H21FN2O5. The van der Waals surface area contributed by atoms with Gasteiger partial charge < -0.3 is 19.6 Å². The van der Waals surface area contributed by atoms with E-state index < -0.39 is 34.7 Å². The van der Waals surface area contributed by atoms with Crippen molar-refractivity contribution in [1.82, 2.24) is 4.90 Å². The van der Waals surface area contributed by atoms with E-state index in [9.17, 15) is 23.9 Å². The number of likely N-dealkylation sites (tertiary alicyclic amines) is 1. The molecule has 1 saturated heterocycles. The van der Waals surface area contributed by atoms with Gasteiger partial charge in [0.05, 0.1) is 5.57 Å². The van der Waals surface area contributed by atoms with Crippen molar-refractivity contribution in [1.29, 1.82) is 0 Å². The summed E-state index contributed by atoms with van der Waals surface area (Å²) in [4.78, 5) is 42.5. The van der Waals surface area contributed by atoms with Crippen LogP contribution in [0.3, 0.4) is 0 Å². The maximum absolute atomic E-state index is 13.7. The Kier molecular flexibility index (Phi) is 5.10. The first-order valence-electron chi connectivity index (χ1n) is 9.78. The molecule has 2 aliphatic heterocycles. The molecule has 1 atom stereocenters.